The second-order valence-electron chi connectivity index (χ2n) is 9.21. The summed E-state index contributed by atoms with van der Waals surface area (Å²) in [5, 5.41) is 2.97. The van der Waals surface area contributed by atoms with Crippen LogP contribution in [0, 0.1) is 0 Å². The van der Waals surface area contributed by atoms with Crippen molar-refractivity contribution < 1.29 is 14.3 Å². The largest absolute Gasteiger partial charge is 0.484 e. The molecule has 0 saturated carbocycles. The number of carbonyl (C=O) groups is 2. The Morgan fingerprint density at radius 2 is 1.75 bits per heavy atom. The lowest BCUT2D eigenvalue weighted by Crippen LogP contribution is -2.50. The van der Waals surface area contributed by atoms with E-state index in [4.69, 9.17) is 4.74 Å². The summed E-state index contributed by atoms with van der Waals surface area (Å²) in [6.07, 6.45) is 0.825. The van der Waals surface area contributed by atoms with Gasteiger partial charge in [0.15, 0.2) is 6.61 Å². The summed E-state index contributed by atoms with van der Waals surface area (Å²) < 4.78 is 6.70. The van der Waals surface area contributed by atoms with Crippen LogP contribution in [-0.4, -0.2) is 35.4 Å². The summed E-state index contributed by atoms with van der Waals surface area (Å²) in [7, 11) is 0. The fourth-order valence-corrected chi connectivity index (χ4v) is 3.61. The highest BCUT2D eigenvalue weighted by Crippen LogP contribution is 2.24. The Morgan fingerprint density at radius 1 is 1.09 bits per heavy atom. The molecule has 0 fully saturated rings. The second-order valence-corrected chi connectivity index (χ2v) is 10.1. The number of rotatable bonds is 9. The zero-order chi connectivity index (χ0) is 23.9. The van der Waals surface area contributed by atoms with Gasteiger partial charge in [0.2, 0.25) is 5.91 Å². The molecule has 0 aliphatic carbocycles. The van der Waals surface area contributed by atoms with Gasteiger partial charge in [0, 0.05) is 17.1 Å². The molecule has 6 heteroatoms. The second kappa shape index (κ2) is 11.5. The van der Waals surface area contributed by atoms with Crippen molar-refractivity contribution in [3.8, 4) is 5.75 Å². The van der Waals surface area contributed by atoms with Gasteiger partial charge in [0.1, 0.15) is 11.8 Å². The predicted octanol–water partition coefficient (Wildman–Crippen LogP) is 5.46. The van der Waals surface area contributed by atoms with Gasteiger partial charge < -0.3 is 15.0 Å². The van der Waals surface area contributed by atoms with Crippen molar-refractivity contribution in [3.63, 3.8) is 0 Å². The Labute approximate surface area is 200 Å². The van der Waals surface area contributed by atoms with Crippen LogP contribution >= 0.6 is 15.9 Å². The molecule has 2 rings (SSSR count). The summed E-state index contributed by atoms with van der Waals surface area (Å²) in [4.78, 5) is 27.5. The molecule has 2 aromatic rings. The monoisotopic (exact) mass is 502 g/mol. The molecule has 0 aliphatic heterocycles. The SMILES string of the molecule is CC[C@@H](C)NC(=O)[C@H](C)N(Cc1cccc(Br)c1)C(=O)COc1ccc(C(C)(C)C)cc1. The van der Waals surface area contributed by atoms with E-state index in [2.05, 4.69) is 42.0 Å². The van der Waals surface area contributed by atoms with Gasteiger partial charge >= 0.3 is 0 Å². The third-order valence-corrected chi connectivity index (χ3v) is 5.99. The van der Waals surface area contributed by atoms with E-state index >= 15 is 0 Å². The van der Waals surface area contributed by atoms with Crippen molar-refractivity contribution in [2.75, 3.05) is 6.61 Å². The number of nitrogens with zero attached hydrogens (tertiary/aromatic N) is 1. The summed E-state index contributed by atoms with van der Waals surface area (Å²) in [6.45, 7) is 12.4. The van der Waals surface area contributed by atoms with E-state index in [1.54, 1.807) is 11.8 Å². The van der Waals surface area contributed by atoms with E-state index in [1.807, 2.05) is 62.4 Å². The average molecular weight is 503 g/mol. The Morgan fingerprint density at radius 3 is 2.31 bits per heavy atom. The first kappa shape index (κ1) is 25.9. The highest BCUT2D eigenvalue weighted by molar-refractivity contribution is 9.10. The molecule has 0 unspecified atom stereocenters. The van der Waals surface area contributed by atoms with Crippen molar-refractivity contribution in [1.82, 2.24) is 10.2 Å². The summed E-state index contributed by atoms with van der Waals surface area (Å²) in [6, 6.07) is 15.0. The molecule has 0 bridgehead atoms. The third-order valence-electron chi connectivity index (χ3n) is 5.49. The molecular formula is C26H35BrN2O3. The van der Waals surface area contributed by atoms with Crippen LogP contribution in [-0.2, 0) is 21.5 Å². The number of carbonyl (C=O) groups excluding carboxylic acids is 2. The number of hydrogen-bond donors (Lipinski definition) is 1. The maximum absolute atomic E-state index is 13.1. The lowest BCUT2D eigenvalue weighted by Gasteiger charge is -2.29. The van der Waals surface area contributed by atoms with Crippen LogP contribution in [0.5, 0.6) is 5.75 Å². The first-order valence-corrected chi connectivity index (χ1v) is 11.9. The molecule has 0 aliphatic rings. The van der Waals surface area contributed by atoms with Crippen LogP contribution in [0.15, 0.2) is 53.0 Å². The summed E-state index contributed by atoms with van der Waals surface area (Å²) >= 11 is 3.47. The van der Waals surface area contributed by atoms with E-state index in [-0.39, 0.29) is 29.9 Å². The van der Waals surface area contributed by atoms with E-state index in [0.717, 1.165) is 16.5 Å². The summed E-state index contributed by atoms with van der Waals surface area (Å²) in [5.41, 5.74) is 2.18. The minimum absolute atomic E-state index is 0.0466. The highest BCUT2D eigenvalue weighted by Gasteiger charge is 2.27. The molecule has 0 aromatic heterocycles. The molecule has 0 heterocycles. The third kappa shape index (κ3) is 7.66. The maximum Gasteiger partial charge on any atom is 0.261 e. The molecule has 2 atom stereocenters. The molecule has 2 aromatic carbocycles. The van der Waals surface area contributed by atoms with Crippen molar-refractivity contribution in [2.24, 2.45) is 0 Å². The van der Waals surface area contributed by atoms with Gasteiger partial charge in [0.25, 0.3) is 5.91 Å². The van der Waals surface area contributed by atoms with E-state index in [1.165, 1.54) is 5.56 Å². The van der Waals surface area contributed by atoms with E-state index in [9.17, 15) is 9.59 Å². The van der Waals surface area contributed by atoms with Gasteiger partial charge in [-0.25, -0.2) is 0 Å². The van der Waals surface area contributed by atoms with Crippen LogP contribution in [0.2, 0.25) is 0 Å². The Bertz CT molecular complexity index is 906. The van der Waals surface area contributed by atoms with Gasteiger partial charge in [0.05, 0.1) is 0 Å². The van der Waals surface area contributed by atoms with Gasteiger partial charge in [-0.3, -0.25) is 9.59 Å². The molecule has 174 valence electrons. The summed E-state index contributed by atoms with van der Waals surface area (Å²) in [5.74, 6) is 0.222. The number of benzene rings is 2. The smallest absolute Gasteiger partial charge is 0.261 e. The molecular weight excluding hydrogens is 468 g/mol. The van der Waals surface area contributed by atoms with Crippen LogP contribution in [0.25, 0.3) is 0 Å². The lowest BCUT2D eigenvalue weighted by molar-refractivity contribution is -0.142. The fourth-order valence-electron chi connectivity index (χ4n) is 3.16. The van der Waals surface area contributed by atoms with Crippen molar-refractivity contribution in [3.05, 3.63) is 64.1 Å². The van der Waals surface area contributed by atoms with E-state index < -0.39 is 6.04 Å². The quantitative estimate of drug-likeness (QED) is 0.495. The first-order chi connectivity index (χ1) is 15.0. The predicted molar refractivity (Wildman–Crippen MR) is 133 cm³/mol. The van der Waals surface area contributed by atoms with Gasteiger partial charge in [-0.05, 0) is 61.1 Å². The van der Waals surface area contributed by atoms with Gasteiger partial charge in [-0.1, -0.05) is 67.9 Å². The normalized spacial score (nSPS) is 13.2. The van der Waals surface area contributed by atoms with Crippen LogP contribution in [0.3, 0.4) is 0 Å². The molecule has 1 N–H and O–H groups in total. The van der Waals surface area contributed by atoms with Crippen molar-refractivity contribution in [1.29, 1.82) is 0 Å². The Kier molecular flexibility index (Phi) is 9.32. The number of ether oxygens (including phenoxy) is 1. The number of nitrogens with one attached hydrogen (secondary N) is 1. The van der Waals surface area contributed by atoms with Crippen LogP contribution < -0.4 is 10.1 Å². The minimum atomic E-state index is -0.623. The molecule has 0 saturated heterocycles. The highest BCUT2D eigenvalue weighted by atomic mass is 79.9. The molecule has 5 nitrogen and oxygen atoms in total. The number of hydrogen-bond acceptors (Lipinski definition) is 3. The van der Waals surface area contributed by atoms with Gasteiger partial charge in [-0.2, -0.15) is 0 Å². The first-order valence-electron chi connectivity index (χ1n) is 11.1. The maximum atomic E-state index is 13.1. The van der Waals surface area contributed by atoms with Crippen LogP contribution in [0.1, 0.15) is 59.1 Å². The Balaban J connectivity index is 2.14. The molecule has 2 amide bonds. The molecule has 32 heavy (non-hydrogen) atoms. The van der Waals surface area contributed by atoms with Gasteiger partial charge in [-0.15, -0.1) is 0 Å². The standard InChI is InChI=1S/C26H35BrN2O3/c1-7-18(2)28-25(31)19(3)29(16-20-9-8-10-22(27)15-20)24(30)17-32-23-13-11-21(12-14-23)26(4,5)6/h8-15,18-19H,7,16-17H2,1-6H3,(H,28,31)/t18-,19+/m1/s1. The Hall–Kier alpha value is -2.34. The zero-order valence-corrected chi connectivity index (χ0v) is 21.5. The van der Waals surface area contributed by atoms with Crippen molar-refractivity contribution >= 4 is 27.7 Å². The molecule has 0 radical (unpaired) electrons. The zero-order valence-electron chi connectivity index (χ0n) is 19.9. The number of amides is 2. The molecule has 0 spiro atoms. The topological polar surface area (TPSA) is 58.6 Å². The van der Waals surface area contributed by atoms with E-state index in [0.29, 0.717) is 12.3 Å². The van der Waals surface area contributed by atoms with Crippen LogP contribution in [0.4, 0.5) is 0 Å². The lowest BCUT2D eigenvalue weighted by atomic mass is 9.87. The number of halogens is 1. The fraction of sp³-hybridized carbons (Fsp3) is 0.462. The van der Waals surface area contributed by atoms with Crippen molar-refractivity contribution in [2.45, 2.75) is 72.0 Å². The minimum Gasteiger partial charge on any atom is -0.484 e. The average Bonchev–Trinajstić information content (AvgIpc) is 2.75.